The van der Waals surface area contributed by atoms with E-state index < -0.39 is 10.8 Å². The Hall–Kier alpha value is -3.68. The Morgan fingerprint density at radius 1 is 0.708 bits per heavy atom. The molecule has 3 rings (SSSR count). The molecule has 0 saturated carbocycles. The number of amides is 1. The van der Waals surface area contributed by atoms with Crippen LogP contribution in [0.2, 0.25) is 0 Å². The molecular formula is C40H59N3O5. The third-order valence-corrected chi connectivity index (χ3v) is 9.66. The van der Waals surface area contributed by atoms with Crippen LogP contribution in [0.5, 0.6) is 0 Å². The van der Waals surface area contributed by atoms with Crippen molar-refractivity contribution in [2.45, 2.75) is 105 Å². The molecule has 0 bridgehead atoms. The molecule has 2 heterocycles. The summed E-state index contributed by atoms with van der Waals surface area (Å²) in [5, 5.41) is 0. The van der Waals surface area contributed by atoms with Crippen molar-refractivity contribution in [3.8, 4) is 0 Å². The number of aromatic nitrogens is 1. The predicted molar refractivity (Wildman–Crippen MR) is 194 cm³/mol. The van der Waals surface area contributed by atoms with Gasteiger partial charge in [-0.2, -0.15) is 0 Å². The maximum absolute atomic E-state index is 13.4. The minimum absolute atomic E-state index is 0.0815. The Balaban J connectivity index is 1.54. The highest BCUT2D eigenvalue weighted by atomic mass is 16.5. The van der Waals surface area contributed by atoms with Gasteiger partial charge >= 0.3 is 11.9 Å². The zero-order chi connectivity index (χ0) is 35.0. The van der Waals surface area contributed by atoms with Crippen LogP contribution in [0.4, 0.5) is 5.82 Å². The van der Waals surface area contributed by atoms with Crippen molar-refractivity contribution < 1.29 is 23.9 Å². The van der Waals surface area contributed by atoms with Crippen LogP contribution in [0.15, 0.2) is 54.7 Å². The van der Waals surface area contributed by atoms with Crippen molar-refractivity contribution >= 4 is 29.2 Å². The minimum Gasteiger partial charge on any atom is -0.469 e. The second-order valence-corrected chi connectivity index (χ2v) is 14.4. The number of nitrogens with zero attached hydrogens (tertiary/aromatic N) is 3. The van der Waals surface area contributed by atoms with E-state index in [1.807, 2.05) is 69.1 Å². The highest BCUT2D eigenvalue weighted by molar-refractivity contribution is 5.94. The van der Waals surface area contributed by atoms with E-state index >= 15 is 0 Å². The molecule has 0 aliphatic carbocycles. The second-order valence-electron chi connectivity index (χ2n) is 14.4. The van der Waals surface area contributed by atoms with E-state index in [2.05, 4.69) is 28.1 Å². The van der Waals surface area contributed by atoms with E-state index in [0.29, 0.717) is 13.1 Å². The fourth-order valence-electron chi connectivity index (χ4n) is 6.39. The smallest absolute Gasteiger partial charge is 0.311 e. The standard InChI is InChI=1S/C40H59N3O5/c1-39(2,37(45)47-5)25-15-10-7-8-12-18-32(19-13-9-11-16-26-40(3,4)38(46)48-6)33-21-23-34(24-22-33)36(44)43-30-28-42(29-31-43)35-20-14-17-27-41-35/h14,17-18,20-24,27H,7-13,15-16,19,25-26,28-31H2,1-6H3/b32-18+. The number of hydrogen-bond acceptors (Lipinski definition) is 7. The molecule has 1 aliphatic heterocycles. The maximum atomic E-state index is 13.4. The summed E-state index contributed by atoms with van der Waals surface area (Å²) in [7, 11) is 2.91. The predicted octanol–water partition coefficient (Wildman–Crippen LogP) is 8.51. The molecular weight excluding hydrogens is 602 g/mol. The number of carbonyl (C=O) groups excluding carboxylic acids is 3. The van der Waals surface area contributed by atoms with Gasteiger partial charge in [0.15, 0.2) is 0 Å². The van der Waals surface area contributed by atoms with Crippen LogP contribution in [0.25, 0.3) is 5.57 Å². The van der Waals surface area contributed by atoms with E-state index in [1.54, 1.807) is 0 Å². The molecule has 0 radical (unpaired) electrons. The Morgan fingerprint density at radius 3 is 1.79 bits per heavy atom. The van der Waals surface area contributed by atoms with Gasteiger partial charge in [0.1, 0.15) is 5.82 Å². The Labute approximate surface area is 289 Å². The first-order valence-electron chi connectivity index (χ1n) is 17.9. The molecule has 1 amide bonds. The summed E-state index contributed by atoms with van der Waals surface area (Å²) in [5.41, 5.74) is 2.37. The number of anilines is 1. The fraction of sp³-hybridized carbons (Fsp3) is 0.600. The number of esters is 2. The molecule has 8 heteroatoms. The number of carbonyl (C=O) groups is 3. The Bertz CT molecular complexity index is 1310. The van der Waals surface area contributed by atoms with Crippen LogP contribution in [0, 0.1) is 10.8 Å². The van der Waals surface area contributed by atoms with Gasteiger partial charge in [0.25, 0.3) is 5.91 Å². The van der Waals surface area contributed by atoms with Gasteiger partial charge in [-0.25, -0.2) is 4.98 Å². The van der Waals surface area contributed by atoms with Crippen LogP contribution in [-0.2, 0) is 19.1 Å². The number of methoxy groups -OCH3 is 2. The molecule has 0 spiro atoms. The molecule has 8 nitrogen and oxygen atoms in total. The van der Waals surface area contributed by atoms with Crippen LogP contribution in [0.1, 0.15) is 121 Å². The highest BCUT2D eigenvalue weighted by Gasteiger charge is 2.28. The third kappa shape index (κ3) is 12.1. The maximum Gasteiger partial charge on any atom is 0.311 e. The molecule has 2 aromatic rings. The molecule has 1 fully saturated rings. The number of pyridine rings is 1. The lowest BCUT2D eigenvalue weighted by atomic mass is 9.86. The molecule has 0 atom stereocenters. The van der Waals surface area contributed by atoms with Gasteiger partial charge < -0.3 is 19.3 Å². The summed E-state index contributed by atoms with van der Waals surface area (Å²) in [6.07, 6.45) is 16.4. The van der Waals surface area contributed by atoms with Crippen molar-refractivity contribution in [3.05, 3.63) is 65.9 Å². The van der Waals surface area contributed by atoms with Crippen molar-refractivity contribution in [3.63, 3.8) is 0 Å². The molecule has 1 aromatic carbocycles. The third-order valence-electron chi connectivity index (χ3n) is 9.66. The second kappa shape index (κ2) is 19.4. The van der Waals surface area contributed by atoms with E-state index in [-0.39, 0.29) is 17.8 Å². The normalized spacial score (nSPS) is 14.2. The van der Waals surface area contributed by atoms with Crippen LogP contribution >= 0.6 is 0 Å². The summed E-state index contributed by atoms with van der Waals surface area (Å²) in [5.74, 6) is 0.755. The van der Waals surface area contributed by atoms with Gasteiger partial charge in [0, 0.05) is 37.9 Å². The molecule has 48 heavy (non-hydrogen) atoms. The van der Waals surface area contributed by atoms with E-state index in [9.17, 15) is 14.4 Å². The summed E-state index contributed by atoms with van der Waals surface area (Å²) in [6, 6.07) is 14.1. The number of piperazine rings is 1. The minimum atomic E-state index is -0.444. The van der Waals surface area contributed by atoms with Crippen molar-refractivity contribution in [2.75, 3.05) is 45.3 Å². The average molecular weight is 662 g/mol. The largest absolute Gasteiger partial charge is 0.469 e. The van der Waals surface area contributed by atoms with Crippen molar-refractivity contribution in [1.29, 1.82) is 0 Å². The van der Waals surface area contributed by atoms with E-state index in [4.69, 9.17) is 9.47 Å². The summed E-state index contributed by atoms with van der Waals surface area (Å²) in [6.45, 7) is 10.7. The first kappa shape index (κ1) is 38.8. The van der Waals surface area contributed by atoms with Gasteiger partial charge in [0.05, 0.1) is 25.0 Å². The van der Waals surface area contributed by atoms with Crippen molar-refractivity contribution in [2.24, 2.45) is 10.8 Å². The SMILES string of the molecule is COC(=O)C(C)(C)CCCCCC/C=C(\CCCCCCC(C)(C)C(=O)OC)c1ccc(C(=O)N2CCN(c3ccccn3)CC2)cc1. The molecule has 264 valence electrons. The summed E-state index contributed by atoms with van der Waals surface area (Å²) >= 11 is 0. The lowest BCUT2D eigenvalue weighted by Gasteiger charge is -2.35. The van der Waals surface area contributed by atoms with Gasteiger partial charge in [-0.15, -0.1) is 0 Å². The topological polar surface area (TPSA) is 89.0 Å². The van der Waals surface area contributed by atoms with Gasteiger partial charge in [0.2, 0.25) is 0 Å². The number of allylic oxidation sites excluding steroid dienone is 2. The lowest BCUT2D eigenvalue weighted by Crippen LogP contribution is -2.49. The summed E-state index contributed by atoms with van der Waals surface area (Å²) in [4.78, 5) is 46.0. The fourth-order valence-corrected chi connectivity index (χ4v) is 6.39. The summed E-state index contributed by atoms with van der Waals surface area (Å²) < 4.78 is 9.90. The first-order chi connectivity index (χ1) is 23.0. The number of rotatable bonds is 19. The van der Waals surface area contributed by atoms with Gasteiger partial charge in [-0.1, -0.05) is 62.8 Å². The van der Waals surface area contributed by atoms with Crippen LogP contribution in [-0.4, -0.2) is 68.1 Å². The highest BCUT2D eigenvalue weighted by Crippen LogP contribution is 2.29. The van der Waals surface area contributed by atoms with Crippen LogP contribution in [0.3, 0.4) is 0 Å². The van der Waals surface area contributed by atoms with Crippen molar-refractivity contribution in [1.82, 2.24) is 9.88 Å². The number of unbranched alkanes of at least 4 members (excludes halogenated alkanes) is 7. The Morgan fingerprint density at radius 2 is 1.25 bits per heavy atom. The number of benzene rings is 1. The average Bonchev–Trinajstić information content (AvgIpc) is 3.11. The molecule has 1 aromatic heterocycles. The zero-order valence-electron chi connectivity index (χ0n) is 30.4. The first-order valence-corrected chi connectivity index (χ1v) is 17.9. The molecule has 0 unspecified atom stereocenters. The monoisotopic (exact) mass is 661 g/mol. The zero-order valence-corrected chi connectivity index (χ0v) is 30.4. The Kier molecular flexibility index (Phi) is 15.6. The van der Waals surface area contributed by atoms with Gasteiger partial charge in [-0.3, -0.25) is 14.4 Å². The van der Waals surface area contributed by atoms with E-state index in [1.165, 1.54) is 25.4 Å². The van der Waals surface area contributed by atoms with E-state index in [0.717, 1.165) is 102 Å². The lowest BCUT2D eigenvalue weighted by molar-refractivity contribution is -0.151. The van der Waals surface area contributed by atoms with Crippen LogP contribution < -0.4 is 4.90 Å². The van der Waals surface area contributed by atoms with Gasteiger partial charge in [-0.05, 0) is 102 Å². The quantitative estimate of drug-likeness (QED) is 0.110. The number of hydrogen-bond donors (Lipinski definition) is 0. The molecule has 0 N–H and O–H groups in total. The molecule has 1 aliphatic rings. The number of ether oxygens (including phenoxy) is 2. The molecule has 1 saturated heterocycles.